The molecule has 1 aliphatic carbocycles. The Morgan fingerprint density at radius 2 is 2.38 bits per heavy atom. The minimum Gasteiger partial charge on any atom is -0.506 e. The second-order valence-corrected chi connectivity index (χ2v) is 4.32. The lowest BCUT2D eigenvalue weighted by atomic mass is 10.1. The van der Waals surface area contributed by atoms with E-state index in [-0.39, 0.29) is 23.6 Å². The molecule has 16 heavy (non-hydrogen) atoms. The van der Waals surface area contributed by atoms with Crippen LogP contribution in [0, 0.1) is 5.92 Å². The van der Waals surface area contributed by atoms with E-state index < -0.39 is 0 Å². The summed E-state index contributed by atoms with van der Waals surface area (Å²) in [5, 5.41) is 9.61. The SMILES string of the molecule is CCOC(=O)C1CC1c1ccc(O)c(Cl)c1. The van der Waals surface area contributed by atoms with Crippen molar-refractivity contribution >= 4 is 17.6 Å². The largest absolute Gasteiger partial charge is 0.506 e. The molecular formula is C12H13ClO3. The van der Waals surface area contributed by atoms with Crippen LogP contribution in [0.4, 0.5) is 0 Å². The zero-order valence-corrected chi connectivity index (χ0v) is 9.70. The van der Waals surface area contributed by atoms with Gasteiger partial charge in [0.05, 0.1) is 17.5 Å². The van der Waals surface area contributed by atoms with Gasteiger partial charge in [-0.2, -0.15) is 0 Å². The monoisotopic (exact) mass is 240 g/mol. The molecular weight excluding hydrogens is 228 g/mol. The Bertz CT molecular complexity index is 417. The molecule has 86 valence electrons. The zero-order valence-electron chi connectivity index (χ0n) is 8.94. The second-order valence-electron chi connectivity index (χ2n) is 3.91. The third kappa shape index (κ3) is 2.14. The van der Waals surface area contributed by atoms with Crippen molar-refractivity contribution in [2.24, 2.45) is 5.92 Å². The molecule has 3 nitrogen and oxygen atoms in total. The lowest BCUT2D eigenvalue weighted by Gasteiger charge is -2.03. The fourth-order valence-corrected chi connectivity index (χ4v) is 2.02. The molecule has 0 bridgehead atoms. The normalized spacial score (nSPS) is 22.9. The van der Waals surface area contributed by atoms with Crippen LogP contribution in [-0.2, 0) is 9.53 Å². The number of esters is 1. The molecule has 4 heteroatoms. The van der Waals surface area contributed by atoms with E-state index in [0.717, 1.165) is 12.0 Å². The standard InChI is InChI=1S/C12H13ClO3/c1-2-16-12(15)9-6-8(9)7-3-4-11(14)10(13)5-7/h3-5,8-9,14H,2,6H2,1H3. The summed E-state index contributed by atoms with van der Waals surface area (Å²) in [6.07, 6.45) is 0.805. The second kappa shape index (κ2) is 4.34. The number of hydrogen-bond acceptors (Lipinski definition) is 3. The summed E-state index contributed by atoms with van der Waals surface area (Å²) in [4.78, 5) is 11.4. The highest BCUT2D eigenvalue weighted by molar-refractivity contribution is 6.32. The summed E-state index contributed by atoms with van der Waals surface area (Å²) < 4.78 is 4.95. The summed E-state index contributed by atoms with van der Waals surface area (Å²) in [6.45, 7) is 2.21. The molecule has 0 spiro atoms. The average molecular weight is 241 g/mol. The van der Waals surface area contributed by atoms with Gasteiger partial charge < -0.3 is 9.84 Å². The maximum atomic E-state index is 11.4. The van der Waals surface area contributed by atoms with E-state index in [2.05, 4.69) is 0 Å². The quantitative estimate of drug-likeness (QED) is 0.827. The zero-order chi connectivity index (χ0) is 11.7. The van der Waals surface area contributed by atoms with E-state index in [1.807, 2.05) is 0 Å². The van der Waals surface area contributed by atoms with Crippen molar-refractivity contribution in [2.75, 3.05) is 6.61 Å². The van der Waals surface area contributed by atoms with Crippen molar-refractivity contribution in [2.45, 2.75) is 19.3 Å². The van der Waals surface area contributed by atoms with Gasteiger partial charge in [-0.15, -0.1) is 0 Å². The number of phenolic OH excluding ortho intramolecular Hbond substituents is 1. The van der Waals surface area contributed by atoms with Crippen LogP contribution < -0.4 is 0 Å². The molecule has 0 aromatic heterocycles. The molecule has 1 aliphatic rings. The molecule has 0 amide bonds. The van der Waals surface area contributed by atoms with E-state index in [9.17, 15) is 9.90 Å². The number of benzene rings is 1. The highest BCUT2D eigenvalue weighted by Crippen LogP contribution is 2.49. The predicted molar refractivity (Wildman–Crippen MR) is 60.6 cm³/mol. The van der Waals surface area contributed by atoms with Crippen molar-refractivity contribution in [3.63, 3.8) is 0 Å². The van der Waals surface area contributed by atoms with Gasteiger partial charge in [-0.25, -0.2) is 0 Å². The highest BCUT2D eigenvalue weighted by atomic mass is 35.5. The van der Waals surface area contributed by atoms with Crippen LogP contribution in [0.1, 0.15) is 24.8 Å². The van der Waals surface area contributed by atoms with Crippen molar-refractivity contribution in [1.82, 2.24) is 0 Å². The van der Waals surface area contributed by atoms with E-state index >= 15 is 0 Å². The Kier molecular flexibility index (Phi) is 3.06. The van der Waals surface area contributed by atoms with Crippen LogP contribution in [0.15, 0.2) is 18.2 Å². The van der Waals surface area contributed by atoms with Gasteiger partial charge in [0.15, 0.2) is 0 Å². The summed E-state index contributed by atoms with van der Waals surface area (Å²) in [5.74, 6) is 0.0770. The minimum atomic E-state index is -0.142. The summed E-state index contributed by atoms with van der Waals surface area (Å²) in [6, 6.07) is 5.06. The number of carbonyl (C=O) groups is 1. The van der Waals surface area contributed by atoms with Gasteiger partial charge in [-0.1, -0.05) is 17.7 Å². The Balaban J connectivity index is 2.06. The molecule has 0 heterocycles. The first-order chi connectivity index (χ1) is 7.63. The number of ether oxygens (including phenoxy) is 1. The lowest BCUT2D eigenvalue weighted by molar-refractivity contribution is -0.144. The molecule has 2 atom stereocenters. The molecule has 1 saturated carbocycles. The molecule has 1 aromatic carbocycles. The van der Waals surface area contributed by atoms with E-state index in [1.54, 1.807) is 25.1 Å². The highest BCUT2D eigenvalue weighted by Gasteiger charge is 2.45. The topological polar surface area (TPSA) is 46.5 Å². The first-order valence-electron chi connectivity index (χ1n) is 5.28. The average Bonchev–Trinajstić information content (AvgIpc) is 3.02. The van der Waals surface area contributed by atoms with Gasteiger partial charge in [-0.3, -0.25) is 4.79 Å². The number of carbonyl (C=O) groups excluding carboxylic acids is 1. The first kappa shape index (κ1) is 11.3. The van der Waals surface area contributed by atoms with Crippen molar-refractivity contribution in [3.8, 4) is 5.75 Å². The van der Waals surface area contributed by atoms with Gasteiger partial charge in [0, 0.05) is 0 Å². The molecule has 1 fully saturated rings. The van der Waals surface area contributed by atoms with E-state index in [0.29, 0.717) is 11.6 Å². The fourth-order valence-electron chi connectivity index (χ4n) is 1.83. The first-order valence-corrected chi connectivity index (χ1v) is 5.66. The molecule has 2 rings (SSSR count). The van der Waals surface area contributed by atoms with Gasteiger partial charge in [0.2, 0.25) is 0 Å². The summed E-state index contributed by atoms with van der Waals surface area (Å²) in [7, 11) is 0. The van der Waals surface area contributed by atoms with Gasteiger partial charge in [-0.05, 0) is 37.0 Å². The molecule has 0 saturated heterocycles. The van der Waals surface area contributed by atoms with Gasteiger partial charge in [0.25, 0.3) is 0 Å². The Hall–Kier alpha value is -1.22. The third-order valence-corrected chi connectivity index (χ3v) is 3.08. The van der Waals surface area contributed by atoms with Crippen molar-refractivity contribution in [3.05, 3.63) is 28.8 Å². The molecule has 1 aromatic rings. The minimum absolute atomic E-state index is 0.0411. The van der Waals surface area contributed by atoms with Crippen LogP contribution in [0.3, 0.4) is 0 Å². The van der Waals surface area contributed by atoms with Crippen LogP contribution >= 0.6 is 11.6 Å². The molecule has 0 radical (unpaired) electrons. The predicted octanol–water partition coefficient (Wildman–Crippen LogP) is 2.71. The van der Waals surface area contributed by atoms with Crippen LogP contribution in [-0.4, -0.2) is 17.7 Å². The maximum Gasteiger partial charge on any atom is 0.309 e. The van der Waals surface area contributed by atoms with Gasteiger partial charge >= 0.3 is 5.97 Å². The van der Waals surface area contributed by atoms with E-state index in [1.165, 1.54) is 0 Å². The molecule has 2 unspecified atom stereocenters. The Morgan fingerprint density at radius 3 is 3.00 bits per heavy atom. The molecule has 1 N–H and O–H groups in total. The Morgan fingerprint density at radius 1 is 1.62 bits per heavy atom. The summed E-state index contributed by atoms with van der Waals surface area (Å²) in [5.41, 5.74) is 0.987. The van der Waals surface area contributed by atoms with Crippen molar-refractivity contribution < 1.29 is 14.6 Å². The number of aromatic hydroxyl groups is 1. The number of halogens is 1. The van der Waals surface area contributed by atoms with Crippen molar-refractivity contribution in [1.29, 1.82) is 0 Å². The smallest absolute Gasteiger partial charge is 0.309 e. The van der Waals surface area contributed by atoms with Gasteiger partial charge in [0.1, 0.15) is 5.75 Å². The van der Waals surface area contributed by atoms with Crippen LogP contribution in [0.2, 0.25) is 5.02 Å². The van der Waals surface area contributed by atoms with Crippen LogP contribution in [0.5, 0.6) is 5.75 Å². The fraction of sp³-hybridized carbons (Fsp3) is 0.417. The molecule has 0 aliphatic heterocycles. The number of rotatable bonds is 3. The summed E-state index contributed by atoms with van der Waals surface area (Å²) >= 11 is 5.81. The Labute approximate surface area is 99.0 Å². The number of phenols is 1. The third-order valence-electron chi connectivity index (χ3n) is 2.78. The maximum absolute atomic E-state index is 11.4. The van der Waals surface area contributed by atoms with Crippen LogP contribution in [0.25, 0.3) is 0 Å². The van der Waals surface area contributed by atoms with E-state index in [4.69, 9.17) is 16.3 Å². The number of hydrogen-bond donors (Lipinski definition) is 1. The lowest BCUT2D eigenvalue weighted by Crippen LogP contribution is -2.07.